The highest BCUT2D eigenvalue weighted by atomic mass is 32.1. The molecule has 0 saturated heterocycles. The number of thiazole rings is 1. The van der Waals surface area contributed by atoms with Crippen LogP contribution in [-0.4, -0.2) is 10.8 Å². The molecule has 0 atom stereocenters. The van der Waals surface area contributed by atoms with Gasteiger partial charge in [0.1, 0.15) is 0 Å². The van der Waals surface area contributed by atoms with E-state index >= 15 is 0 Å². The highest BCUT2D eigenvalue weighted by Crippen LogP contribution is 2.14. The van der Waals surface area contributed by atoms with E-state index in [1.165, 1.54) is 17.4 Å². The van der Waals surface area contributed by atoms with Gasteiger partial charge in [0.25, 0.3) is 5.56 Å². The number of carbonyl (C=O) groups excluding carboxylic acids is 1. The first kappa shape index (κ1) is 15.4. The quantitative estimate of drug-likeness (QED) is 0.922. The third kappa shape index (κ3) is 4.02. The van der Waals surface area contributed by atoms with E-state index in [0.717, 1.165) is 11.1 Å². The van der Waals surface area contributed by atoms with Gasteiger partial charge in [-0.3, -0.25) is 9.59 Å². The highest BCUT2D eigenvalue weighted by molar-refractivity contribution is 7.07. The maximum atomic E-state index is 12.0. The molecule has 1 aromatic heterocycles. The lowest BCUT2D eigenvalue weighted by Crippen LogP contribution is -2.22. The molecule has 0 amide bonds. The predicted molar refractivity (Wildman–Crippen MR) is 87.9 cm³/mol. The molecule has 2 aromatic rings. The summed E-state index contributed by atoms with van der Waals surface area (Å²) in [5.74, 6) is 0.00195. The summed E-state index contributed by atoms with van der Waals surface area (Å²) in [6, 6.07) is 7.94. The van der Waals surface area contributed by atoms with Crippen molar-refractivity contribution in [3.63, 3.8) is 0 Å². The number of ketones is 1. The van der Waals surface area contributed by atoms with Gasteiger partial charge in [0, 0.05) is 11.5 Å². The van der Waals surface area contributed by atoms with Crippen LogP contribution in [0.5, 0.6) is 0 Å². The van der Waals surface area contributed by atoms with Crippen molar-refractivity contribution in [1.82, 2.24) is 4.98 Å². The second-order valence-electron chi connectivity index (χ2n) is 6.10. The molecule has 0 bridgehead atoms. The number of carbonyl (C=O) groups is 1. The third-order valence-corrected chi connectivity index (χ3v) is 3.98. The smallest absolute Gasteiger partial charge is 0.266 e. The van der Waals surface area contributed by atoms with E-state index in [2.05, 4.69) is 4.98 Å². The van der Waals surface area contributed by atoms with Gasteiger partial charge in [0.05, 0.1) is 9.20 Å². The topological polar surface area (TPSA) is 49.9 Å². The average Bonchev–Trinajstić information content (AvgIpc) is 2.68. The summed E-state index contributed by atoms with van der Waals surface area (Å²) >= 11 is 1.30. The monoisotopic (exact) mass is 301 g/mol. The molecule has 0 aliphatic carbocycles. The van der Waals surface area contributed by atoms with Crippen LogP contribution in [0.3, 0.4) is 0 Å². The lowest BCUT2D eigenvalue weighted by atomic mass is 9.91. The van der Waals surface area contributed by atoms with Gasteiger partial charge < -0.3 is 4.98 Å². The standard InChI is InChI=1S/C17H19NO2S/c1-11-6-5-7-12(8-11)9-13-16(20)18-15(21-13)10-14(19)17(2,3)4/h5-10H,1-4H3,(H,18,20)/b13-9-,15-10-. The van der Waals surface area contributed by atoms with Crippen LogP contribution in [-0.2, 0) is 4.79 Å². The second-order valence-corrected chi connectivity index (χ2v) is 7.19. The number of nitrogens with one attached hydrogen (secondary N) is 1. The Balaban J connectivity index is 2.48. The van der Waals surface area contributed by atoms with Crippen LogP contribution >= 0.6 is 11.3 Å². The summed E-state index contributed by atoms with van der Waals surface area (Å²) in [4.78, 5) is 26.7. The zero-order valence-electron chi connectivity index (χ0n) is 12.7. The maximum absolute atomic E-state index is 12.0. The van der Waals surface area contributed by atoms with Crippen molar-refractivity contribution in [2.75, 3.05) is 0 Å². The molecule has 2 rings (SSSR count). The molecule has 0 radical (unpaired) electrons. The molecule has 21 heavy (non-hydrogen) atoms. The van der Waals surface area contributed by atoms with Crippen molar-refractivity contribution >= 4 is 29.3 Å². The second kappa shape index (κ2) is 5.82. The molecule has 0 aliphatic rings. The Morgan fingerprint density at radius 1 is 1.29 bits per heavy atom. The Bertz CT molecular complexity index is 835. The number of H-pyrrole nitrogens is 1. The number of aromatic nitrogens is 1. The minimum atomic E-state index is -0.443. The summed E-state index contributed by atoms with van der Waals surface area (Å²) in [6.07, 6.45) is 3.36. The maximum Gasteiger partial charge on any atom is 0.266 e. The fraction of sp³-hybridized carbons (Fsp3) is 0.294. The van der Waals surface area contributed by atoms with E-state index < -0.39 is 5.41 Å². The molecule has 0 saturated carbocycles. The molecule has 1 heterocycles. The Morgan fingerprint density at radius 3 is 2.62 bits per heavy atom. The number of hydrogen-bond donors (Lipinski definition) is 1. The van der Waals surface area contributed by atoms with Crippen LogP contribution in [0.15, 0.2) is 29.1 Å². The summed E-state index contributed by atoms with van der Waals surface area (Å²) in [5, 5.41) is 0. The van der Waals surface area contributed by atoms with Gasteiger partial charge in [0.15, 0.2) is 5.78 Å². The fourth-order valence-electron chi connectivity index (χ4n) is 1.77. The van der Waals surface area contributed by atoms with Crippen molar-refractivity contribution in [2.24, 2.45) is 5.41 Å². The molecule has 1 N–H and O–H groups in total. The van der Waals surface area contributed by atoms with E-state index in [4.69, 9.17) is 0 Å². The van der Waals surface area contributed by atoms with Crippen LogP contribution in [0.4, 0.5) is 0 Å². The van der Waals surface area contributed by atoms with Gasteiger partial charge in [-0.1, -0.05) is 50.6 Å². The Morgan fingerprint density at radius 2 is 2.00 bits per heavy atom. The number of benzene rings is 1. The Hall–Kier alpha value is -1.94. The van der Waals surface area contributed by atoms with Gasteiger partial charge in [-0.15, -0.1) is 11.3 Å². The fourth-order valence-corrected chi connectivity index (χ4v) is 2.66. The number of Topliss-reactive ketones (excluding diaryl/α,β-unsaturated/α-hetero) is 1. The number of rotatable bonds is 2. The van der Waals surface area contributed by atoms with Crippen molar-refractivity contribution in [1.29, 1.82) is 0 Å². The molecule has 3 nitrogen and oxygen atoms in total. The van der Waals surface area contributed by atoms with Crippen LogP contribution in [0.2, 0.25) is 0 Å². The van der Waals surface area contributed by atoms with E-state index in [-0.39, 0.29) is 11.3 Å². The van der Waals surface area contributed by atoms with E-state index in [0.29, 0.717) is 9.20 Å². The van der Waals surface area contributed by atoms with Crippen LogP contribution < -0.4 is 14.8 Å². The first-order valence-electron chi connectivity index (χ1n) is 6.79. The summed E-state index contributed by atoms with van der Waals surface area (Å²) in [5.41, 5.74) is 1.53. The highest BCUT2D eigenvalue weighted by Gasteiger charge is 2.18. The third-order valence-electron chi connectivity index (χ3n) is 3.02. The van der Waals surface area contributed by atoms with Crippen LogP contribution in [0.25, 0.3) is 12.2 Å². The van der Waals surface area contributed by atoms with E-state index in [1.807, 2.05) is 58.0 Å². The molecular formula is C17H19NO2S. The summed E-state index contributed by atoms with van der Waals surface area (Å²) in [7, 11) is 0. The lowest BCUT2D eigenvalue weighted by Gasteiger charge is -2.12. The van der Waals surface area contributed by atoms with Crippen molar-refractivity contribution in [3.8, 4) is 0 Å². The van der Waals surface area contributed by atoms with Crippen LogP contribution in [0, 0.1) is 12.3 Å². The van der Waals surface area contributed by atoms with Crippen molar-refractivity contribution in [3.05, 3.63) is 54.9 Å². The van der Waals surface area contributed by atoms with Gasteiger partial charge in [-0.2, -0.15) is 0 Å². The normalized spacial score (nSPS) is 13.7. The van der Waals surface area contributed by atoms with E-state index in [9.17, 15) is 9.59 Å². The first-order chi connectivity index (χ1) is 9.75. The minimum Gasteiger partial charge on any atom is -0.313 e. The molecule has 0 unspecified atom stereocenters. The van der Waals surface area contributed by atoms with Gasteiger partial charge in [0.2, 0.25) is 0 Å². The number of aromatic amines is 1. The minimum absolute atomic E-state index is 0.00195. The first-order valence-corrected chi connectivity index (χ1v) is 7.61. The predicted octanol–water partition coefficient (Wildman–Crippen LogP) is 1.97. The average molecular weight is 301 g/mol. The Kier molecular flexibility index (Phi) is 4.28. The molecule has 110 valence electrons. The lowest BCUT2D eigenvalue weighted by molar-refractivity contribution is -0.119. The molecule has 0 aliphatic heterocycles. The SMILES string of the molecule is Cc1cccc(/C=c2\s/c(=C\C(=O)C(C)(C)C)[nH]c2=O)c1. The summed E-state index contributed by atoms with van der Waals surface area (Å²) < 4.78 is 1.20. The molecule has 0 spiro atoms. The zero-order chi connectivity index (χ0) is 15.6. The zero-order valence-corrected chi connectivity index (χ0v) is 13.5. The van der Waals surface area contributed by atoms with Crippen LogP contribution in [0.1, 0.15) is 31.9 Å². The Labute approximate surface area is 127 Å². The van der Waals surface area contributed by atoms with Gasteiger partial charge >= 0.3 is 0 Å². The van der Waals surface area contributed by atoms with Crippen molar-refractivity contribution < 1.29 is 4.79 Å². The van der Waals surface area contributed by atoms with Crippen molar-refractivity contribution in [2.45, 2.75) is 27.7 Å². The van der Waals surface area contributed by atoms with Gasteiger partial charge in [-0.05, 0) is 18.6 Å². The van der Waals surface area contributed by atoms with E-state index in [1.54, 1.807) is 0 Å². The molecule has 1 aromatic carbocycles. The molecule has 0 fully saturated rings. The number of hydrogen-bond acceptors (Lipinski definition) is 3. The largest absolute Gasteiger partial charge is 0.313 e. The molecular weight excluding hydrogens is 282 g/mol. The summed E-state index contributed by atoms with van der Waals surface area (Å²) in [6.45, 7) is 7.59. The number of aryl methyl sites for hydroxylation is 1. The van der Waals surface area contributed by atoms with Gasteiger partial charge in [-0.25, -0.2) is 0 Å². The molecule has 4 heteroatoms.